The molecule has 0 atom stereocenters. The number of aromatic nitrogens is 2. The number of thiophene rings is 1. The number of aryl methyl sites for hydroxylation is 2. The van der Waals surface area contributed by atoms with Crippen molar-refractivity contribution in [3.05, 3.63) is 91.5 Å². The zero-order valence-electron chi connectivity index (χ0n) is 19.6. The SMILES string of the molecule is Cc1c(C(=O)N(C)C)sc2nc(SCC(=O)c3ccc(Cl)cc3)n(CCc3ccccc3)c(=O)c12. The molecule has 4 rings (SSSR count). The van der Waals surface area contributed by atoms with Gasteiger partial charge >= 0.3 is 0 Å². The molecule has 1 amide bonds. The Balaban J connectivity index is 1.72. The van der Waals surface area contributed by atoms with Gasteiger partial charge in [-0.1, -0.05) is 53.7 Å². The van der Waals surface area contributed by atoms with Crippen molar-refractivity contribution in [1.29, 1.82) is 0 Å². The van der Waals surface area contributed by atoms with E-state index >= 15 is 0 Å². The molecule has 35 heavy (non-hydrogen) atoms. The Bertz CT molecular complexity index is 1440. The van der Waals surface area contributed by atoms with Crippen LogP contribution in [0.1, 0.15) is 31.2 Å². The molecule has 0 spiro atoms. The molecule has 0 fully saturated rings. The molecule has 6 nitrogen and oxygen atoms in total. The van der Waals surface area contributed by atoms with Gasteiger partial charge in [-0.05, 0) is 48.7 Å². The summed E-state index contributed by atoms with van der Waals surface area (Å²) >= 11 is 8.38. The zero-order valence-corrected chi connectivity index (χ0v) is 22.0. The summed E-state index contributed by atoms with van der Waals surface area (Å²) in [6.07, 6.45) is 0.638. The van der Waals surface area contributed by atoms with Crippen molar-refractivity contribution >= 4 is 56.6 Å². The normalized spacial score (nSPS) is 11.1. The highest BCUT2D eigenvalue weighted by molar-refractivity contribution is 7.99. The number of halogens is 1. The highest BCUT2D eigenvalue weighted by Gasteiger charge is 2.23. The van der Waals surface area contributed by atoms with E-state index in [9.17, 15) is 14.4 Å². The molecule has 0 saturated heterocycles. The molecule has 0 saturated carbocycles. The third-order valence-electron chi connectivity index (χ3n) is 5.58. The van der Waals surface area contributed by atoms with Gasteiger partial charge in [0.1, 0.15) is 4.83 Å². The molecule has 9 heteroatoms. The van der Waals surface area contributed by atoms with Crippen LogP contribution in [-0.4, -0.2) is 46.0 Å². The Morgan fingerprint density at radius 1 is 1.09 bits per heavy atom. The molecular weight excluding hydrogens is 502 g/mol. The van der Waals surface area contributed by atoms with Crippen molar-refractivity contribution in [3.63, 3.8) is 0 Å². The van der Waals surface area contributed by atoms with Gasteiger partial charge in [-0.3, -0.25) is 19.0 Å². The Hall–Kier alpha value is -2.94. The third-order valence-corrected chi connectivity index (χ3v) is 7.98. The molecule has 0 radical (unpaired) electrons. The van der Waals surface area contributed by atoms with Gasteiger partial charge in [-0.2, -0.15) is 0 Å². The summed E-state index contributed by atoms with van der Waals surface area (Å²) in [5, 5.41) is 1.49. The molecule has 0 aliphatic carbocycles. The zero-order chi connectivity index (χ0) is 25.1. The second-order valence-corrected chi connectivity index (χ2v) is 10.6. The van der Waals surface area contributed by atoms with Crippen molar-refractivity contribution in [3.8, 4) is 0 Å². The summed E-state index contributed by atoms with van der Waals surface area (Å²) in [4.78, 5) is 46.3. The van der Waals surface area contributed by atoms with E-state index in [1.807, 2.05) is 30.3 Å². The van der Waals surface area contributed by atoms with E-state index < -0.39 is 0 Å². The maximum absolute atomic E-state index is 13.6. The Labute approximate surface area is 216 Å². The minimum atomic E-state index is -0.195. The molecule has 2 aromatic heterocycles. The number of thioether (sulfide) groups is 1. The van der Waals surface area contributed by atoms with E-state index in [0.717, 1.165) is 5.56 Å². The number of carbonyl (C=O) groups excluding carboxylic acids is 2. The van der Waals surface area contributed by atoms with E-state index in [1.54, 1.807) is 49.9 Å². The molecule has 0 N–H and O–H groups in total. The van der Waals surface area contributed by atoms with Crippen LogP contribution in [0.2, 0.25) is 5.02 Å². The van der Waals surface area contributed by atoms with Crippen LogP contribution in [-0.2, 0) is 13.0 Å². The summed E-state index contributed by atoms with van der Waals surface area (Å²) in [7, 11) is 3.36. The maximum atomic E-state index is 13.6. The van der Waals surface area contributed by atoms with Crippen LogP contribution in [0.5, 0.6) is 0 Å². The summed E-state index contributed by atoms with van der Waals surface area (Å²) in [5.74, 6) is -0.118. The van der Waals surface area contributed by atoms with Crippen molar-refractivity contribution in [2.75, 3.05) is 19.8 Å². The smallest absolute Gasteiger partial charge is 0.263 e. The number of rotatable bonds is 8. The molecule has 0 aliphatic rings. The molecule has 0 bridgehead atoms. The number of ketones is 1. The standard InChI is InChI=1S/C26H24ClN3O3S2/c1-16-21-23(35-22(16)25(33)29(2)3)28-26(34-15-20(31)18-9-11-19(27)12-10-18)30(24(21)32)14-13-17-7-5-4-6-8-17/h4-12H,13-15H2,1-3H3. The first-order valence-electron chi connectivity index (χ1n) is 11.0. The fraction of sp³-hybridized carbons (Fsp3) is 0.231. The number of benzene rings is 2. The molecule has 180 valence electrons. The molecule has 2 aromatic carbocycles. The highest BCUT2D eigenvalue weighted by atomic mass is 35.5. The second-order valence-electron chi connectivity index (χ2n) is 8.24. The minimum Gasteiger partial charge on any atom is -0.344 e. The number of nitrogens with zero attached hydrogens (tertiary/aromatic N) is 3. The number of Topliss-reactive ketones (excluding diaryl/α,β-unsaturated/α-hetero) is 1. The van der Waals surface area contributed by atoms with E-state index in [4.69, 9.17) is 16.6 Å². The number of carbonyl (C=O) groups is 2. The first-order valence-corrected chi connectivity index (χ1v) is 13.2. The van der Waals surface area contributed by atoms with Gasteiger partial charge in [0.2, 0.25) is 0 Å². The molecule has 2 heterocycles. The van der Waals surface area contributed by atoms with Crippen LogP contribution in [0.3, 0.4) is 0 Å². The first-order chi connectivity index (χ1) is 16.8. The van der Waals surface area contributed by atoms with Crippen LogP contribution in [0, 0.1) is 6.92 Å². The van der Waals surface area contributed by atoms with Gasteiger partial charge in [0.25, 0.3) is 11.5 Å². The Morgan fingerprint density at radius 2 is 1.77 bits per heavy atom. The van der Waals surface area contributed by atoms with Crippen molar-refractivity contribution in [2.24, 2.45) is 0 Å². The minimum absolute atomic E-state index is 0.0820. The summed E-state index contributed by atoms with van der Waals surface area (Å²) < 4.78 is 1.62. The highest BCUT2D eigenvalue weighted by Crippen LogP contribution is 2.30. The molecule has 0 aliphatic heterocycles. The lowest BCUT2D eigenvalue weighted by atomic mass is 10.1. The lowest BCUT2D eigenvalue weighted by Gasteiger charge is -2.12. The number of fused-ring (bicyclic) bond motifs is 1. The molecule has 4 aromatic rings. The largest absolute Gasteiger partial charge is 0.344 e. The van der Waals surface area contributed by atoms with Gasteiger partial charge in [-0.15, -0.1) is 11.3 Å². The lowest BCUT2D eigenvalue weighted by molar-refractivity contribution is 0.0831. The molecular formula is C26H24ClN3O3S2. The van der Waals surface area contributed by atoms with Crippen LogP contribution in [0.15, 0.2) is 64.5 Å². The number of hydrogen-bond donors (Lipinski definition) is 0. The van der Waals surface area contributed by atoms with Gasteiger partial charge in [0.15, 0.2) is 10.9 Å². The monoisotopic (exact) mass is 525 g/mol. The lowest BCUT2D eigenvalue weighted by Crippen LogP contribution is -2.25. The van der Waals surface area contributed by atoms with Crippen LogP contribution < -0.4 is 5.56 Å². The first kappa shape index (κ1) is 25.2. The van der Waals surface area contributed by atoms with E-state index in [0.29, 0.717) is 49.4 Å². The summed E-state index contributed by atoms with van der Waals surface area (Å²) in [6, 6.07) is 16.6. The average Bonchev–Trinajstić information content (AvgIpc) is 3.18. The van der Waals surface area contributed by atoms with Crippen LogP contribution in [0.4, 0.5) is 0 Å². The van der Waals surface area contributed by atoms with E-state index in [2.05, 4.69) is 0 Å². The number of hydrogen-bond acceptors (Lipinski definition) is 6. The van der Waals surface area contributed by atoms with Gasteiger partial charge in [0, 0.05) is 31.2 Å². The van der Waals surface area contributed by atoms with Crippen molar-refractivity contribution in [2.45, 2.75) is 25.0 Å². The Morgan fingerprint density at radius 3 is 2.43 bits per heavy atom. The topological polar surface area (TPSA) is 72.3 Å². The van der Waals surface area contributed by atoms with Crippen LogP contribution in [0.25, 0.3) is 10.2 Å². The van der Waals surface area contributed by atoms with Gasteiger partial charge < -0.3 is 4.90 Å². The Kier molecular flexibility index (Phi) is 7.74. The van der Waals surface area contributed by atoms with Gasteiger partial charge in [-0.25, -0.2) is 4.98 Å². The number of amides is 1. The molecule has 0 unspecified atom stereocenters. The van der Waals surface area contributed by atoms with Crippen LogP contribution >= 0.6 is 34.7 Å². The average molecular weight is 526 g/mol. The fourth-order valence-corrected chi connectivity index (χ4v) is 5.94. The van der Waals surface area contributed by atoms with Crippen molar-refractivity contribution in [1.82, 2.24) is 14.5 Å². The van der Waals surface area contributed by atoms with Crippen molar-refractivity contribution < 1.29 is 9.59 Å². The quantitative estimate of drug-likeness (QED) is 0.176. The predicted molar refractivity (Wildman–Crippen MR) is 143 cm³/mol. The third kappa shape index (κ3) is 5.50. The van der Waals surface area contributed by atoms with E-state index in [-0.39, 0.29) is 23.0 Å². The summed E-state index contributed by atoms with van der Waals surface area (Å²) in [5.41, 5.74) is 2.09. The van der Waals surface area contributed by atoms with Gasteiger partial charge in [0.05, 0.1) is 16.0 Å². The summed E-state index contributed by atoms with van der Waals surface area (Å²) in [6.45, 7) is 2.20. The second kappa shape index (κ2) is 10.8. The van der Waals surface area contributed by atoms with E-state index in [1.165, 1.54) is 28.0 Å². The fourth-order valence-electron chi connectivity index (χ4n) is 3.65. The maximum Gasteiger partial charge on any atom is 0.263 e. The predicted octanol–water partition coefficient (Wildman–Crippen LogP) is 5.34.